The molecule has 0 saturated carbocycles. The van der Waals surface area contributed by atoms with Gasteiger partial charge in [0.05, 0.1) is 18.5 Å². The number of para-hydroxylation sites is 1. The Morgan fingerprint density at radius 1 is 1.18 bits per heavy atom. The molecule has 180 valence electrons. The topological polar surface area (TPSA) is 123 Å². The molecule has 34 heavy (non-hydrogen) atoms. The Bertz CT molecular complexity index is 1100. The van der Waals surface area contributed by atoms with E-state index in [0.29, 0.717) is 28.3 Å². The van der Waals surface area contributed by atoms with Crippen LogP contribution in [0.3, 0.4) is 0 Å². The third-order valence-corrected chi connectivity index (χ3v) is 5.18. The van der Waals surface area contributed by atoms with Gasteiger partial charge in [-0.1, -0.05) is 42.5 Å². The smallest absolute Gasteiger partial charge is 0.389 e. The molecule has 8 nitrogen and oxygen atoms in total. The van der Waals surface area contributed by atoms with Crippen molar-refractivity contribution in [1.82, 2.24) is 5.32 Å². The van der Waals surface area contributed by atoms with E-state index in [1.54, 1.807) is 48.5 Å². The predicted octanol–water partition coefficient (Wildman–Crippen LogP) is 2.76. The zero-order chi connectivity index (χ0) is 24.9. The van der Waals surface area contributed by atoms with Crippen LogP contribution in [-0.4, -0.2) is 42.9 Å². The van der Waals surface area contributed by atoms with Gasteiger partial charge >= 0.3 is 6.18 Å². The quantitative estimate of drug-likeness (QED) is 0.542. The number of anilines is 1. The molecule has 3 amide bonds. The minimum absolute atomic E-state index is 0.333. The number of nitrogens with zero attached hydrogens (tertiary/aromatic N) is 1. The lowest BCUT2D eigenvalue weighted by molar-refractivity contribution is -0.143. The third-order valence-electron chi connectivity index (χ3n) is 5.18. The summed E-state index contributed by atoms with van der Waals surface area (Å²) in [5.41, 5.74) is 6.98. The number of benzene rings is 2. The molecule has 0 saturated heterocycles. The Morgan fingerprint density at radius 3 is 2.50 bits per heavy atom. The lowest BCUT2D eigenvalue weighted by Crippen LogP contribution is -2.45. The van der Waals surface area contributed by atoms with Crippen LogP contribution in [0.5, 0.6) is 5.75 Å². The van der Waals surface area contributed by atoms with Gasteiger partial charge in [0.1, 0.15) is 5.75 Å². The lowest BCUT2D eigenvalue weighted by Gasteiger charge is -2.19. The molecule has 0 bridgehead atoms. The van der Waals surface area contributed by atoms with Gasteiger partial charge in [-0.15, -0.1) is 0 Å². The van der Waals surface area contributed by atoms with E-state index in [0.717, 1.165) is 0 Å². The molecule has 4 N–H and O–H groups in total. The highest BCUT2D eigenvalue weighted by molar-refractivity contribution is 6.20. The van der Waals surface area contributed by atoms with Crippen LogP contribution in [0, 0.1) is 5.92 Å². The number of hydrogen-bond donors (Lipinski definition) is 3. The molecule has 3 rings (SSSR count). The van der Waals surface area contributed by atoms with Crippen LogP contribution in [0.2, 0.25) is 0 Å². The molecule has 2 atom stereocenters. The molecule has 2 aromatic rings. The number of ether oxygens (including phenoxy) is 1. The van der Waals surface area contributed by atoms with Gasteiger partial charge in [0, 0.05) is 29.9 Å². The molecule has 0 aliphatic carbocycles. The van der Waals surface area contributed by atoms with Crippen molar-refractivity contribution in [2.24, 2.45) is 16.6 Å². The molecule has 1 aliphatic heterocycles. The second-order valence-electron chi connectivity index (χ2n) is 7.65. The van der Waals surface area contributed by atoms with Crippen molar-refractivity contribution < 1.29 is 32.3 Å². The van der Waals surface area contributed by atoms with Crippen LogP contribution in [-0.2, 0) is 14.4 Å². The van der Waals surface area contributed by atoms with E-state index in [9.17, 15) is 27.6 Å². The van der Waals surface area contributed by atoms with Crippen molar-refractivity contribution in [1.29, 1.82) is 0 Å². The third kappa shape index (κ3) is 6.12. The highest BCUT2D eigenvalue weighted by atomic mass is 19.4. The zero-order valence-electron chi connectivity index (χ0n) is 18.2. The lowest BCUT2D eigenvalue weighted by atomic mass is 9.97. The predicted molar refractivity (Wildman–Crippen MR) is 118 cm³/mol. The Morgan fingerprint density at radius 2 is 1.88 bits per heavy atom. The number of nitrogens with one attached hydrogen (secondary N) is 2. The number of nitrogens with two attached hydrogens (primary N) is 1. The minimum Gasteiger partial charge on any atom is -0.495 e. The number of alkyl halides is 3. The van der Waals surface area contributed by atoms with E-state index in [4.69, 9.17) is 10.5 Å². The number of benzodiazepines with no additional fused rings is 1. The van der Waals surface area contributed by atoms with Gasteiger partial charge < -0.3 is 21.1 Å². The number of fused-ring (bicyclic) bond motifs is 1. The second kappa shape index (κ2) is 10.4. The molecule has 0 fully saturated rings. The summed E-state index contributed by atoms with van der Waals surface area (Å²) in [7, 11) is 1.43. The van der Waals surface area contributed by atoms with E-state index in [1.807, 2.05) is 0 Å². The van der Waals surface area contributed by atoms with E-state index in [1.165, 1.54) is 7.11 Å². The number of hydrogen-bond acceptors (Lipinski definition) is 5. The Balaban J connectivity index is 1.97. The molecule has 1 aliphatic rings. The number of carbonyl (C=O) groups is 3. The van der Waals surface area contributed by atoms with Gasteiger partial charge in [0.15, 0.2) is 0 Å². The van der Waals surface area contributed by atoms with Gasteiger partial charge in [-0.05, 0) is 12.5 Å². The summed E-state index contributed by atoms with van der Waals surface area (Å²) in [4.78, 5) is 41.5. The summed E-state index contributed by atoms with van der Waals surface area (Å²) in [6.07, 6.45) is -8.53. The van der Waals surface area contributed by atoms with E-state index in [2.05, 4.69) is 15.6 Å². The van der Waals surface area contributed by atoms with Crippen LogP contribution in [0.25, 0.3) is 0 Å². The maximum absolute atomic E-state index is 13.0. The fourth-order valence-electron chi connectivity index (χ4n) is 3.56. The van der Waals surface area contributed by atoms with E-state index < -0.39 is 55.2 Å². The Hall–Kier alpha value is -3.89. The first-order chi connectivity index (χ1) is 16.1. The first kappa shape index (κ1) is 24.7. The zero-order valence-corrected chi connectivity index (χ0v) is 18.2. The van der Waals surface area contributed by atoms with Gasteiger partial charge in [-0.2, -0.15) is 13.2 Å². The van der Waals surface area contributed by atoms with Gasteiger partial charge in [0.2, 0.25) is 18.0 Å². The molecule has 0 unspecified atom stereocenters. The Labute approximate surface area is 193 Å². The van der Waals surface area contributed by atoms with Gasteiger partial charge in [0.25, 0.3) is 5.91 Å². The van der Waals surface area contributed by atoms with Crippen LogP contribution in [0.4, 0.5) is 18.9 Å². The highest BCUT2D eigenvalue weighted by Crippen LogP contribution is 2.33. The van der Waals surface area contributed by atoms with E-state index in [-0.39, 0.29) is 0 Å². The van der Waals surface area contributed by atoms with Crippen molar-refractivity contribution >= 4 is 29.1 Å². The minimum atomic E-state index is -4.52. The normalized spacial score (nSPS) is 16.4. The van der Waals surface area contributed by atoms with Crippen molar-refractivity contribution in [2.75, 3.05) is 12.4 Å². The number of rotatable bonds is 8. The highest BCUT2D eigenvalue weighted by Gasteiger charge is 2.34. The van der Waals surface area contributed by atoms with Crippen LogP contribution in [0.15, 0.2) is 53.5 Å². The summed E-state index contributed by atoms with van der Waals surface area (Å²) >= 11 is 0. The number of amides is 3. The average Bonchev–Trinajstić information content (AvgIpc) is 2.92. The van der Waals surface area contributed by atoms with Crippen molar-refractivity contribution in [2.45, 2.75) is 31.6 Å². The molecule has 0 aromatic heterocycles. The average molecular weight is 476 g/mol. The van der Waals surface area contributed by atoms with Gasteiger partial charge in [-0.3, -0.25) is 14.4 Å². The molecule has 0 radical (unpaired) electrons. The fourth-order valence-corrected chi connectivity index (χ4v) is 3.56. The fraction of sp³-hybridized carbons (Fsp3) is 0.304. The molecule has 0 spiro atoms. The summed E-state index contributed by atoms with van der Waals surface area (Å²) in [6, 6.07) is 13.9. The molecular formula is C23H23F3N4O4. The molecule has 1 heterocycles. The molecule has 11 heteroatoms. The maximum atomic E-state index is 13.0. The van der Waals surface area contributed by atoms with Crippen molar-refractivity contribution in [3.8, 4) is 5.75 Å². The summed E-state index contributed by atoms with van der Waals surface area (Å²) in [6.45, 7) is 0. The number of aliphatic imine (C=N–C) groups is 1. The van der Waals surface area contributed by atoms with Crippen LogP contribution >= 0.6 is 0 Å². The second-order valence-corrected chi connectivity index (χ2v) is 7.65. The first-order valence-electron chi connectivity index (χ1n) is 10.4. The first-order valence-corrected chi connectivity index (χ1v) is 10.4. The SMILES string of the molecule is COc1cccc2c1NC(=O)[C@@H](NC(=O)[C@H](CCC(F)(F)F)CC(N)=O)N=C2c1ccccc1. The van der Waals surface area contributed by atoms with Crippen LogP contribution in [0.1, 0.15) is 30.4 Å². The molecule has 2 aromatic carbocycles. The molecular weight excluding hydrogens is 453 g/mol. The summed E-state index contributed by atoms with van der Waals surface area (Å²) in [5.74, 6) is -3.60. The Kier molecular flexibility index (Phi) is 7.54. The number of methoxy groups -OCH3 is 1. The summed E-state index contributed by atoms with van der Waals surface area (Å²) < 4.78 is 43.5. The van der Waals surface area contributed by atoms with Crippen LogP contribution < -0.4 is 21.1 Å². The number of primary amides is 1. The maximum Gasteiger partial charge on any atom is 0.389 e. The van der Waals surface area contributed by atoms with Gasteiger partial charge in [-0.25, -0.2) is 4.99 Å². The van der Waals surface area contributed by atoms with Crippen molar-refractivity contribution in [3.63, 3.8) is 0 Å². The number of halogens is 3. The van der Waals surface area contributed by atoms with Crippen molar-refractivity contribution in [3.05, 3.63) is 59.7 Å². The number of carbonyl (C=O) groups excluding carboxylic acids is 3. The largest absolute Gasteiger partial charge is 0.495 e. The monoisotopic (exact) mass is 476 g/mol. The standard InChI is InChI=1S/C23H23F3N4O4/c1-34-16-9-5-8-15-18(13-6-3-2-4-7-13)28-20(22(33)29-19(15)16)30-21(32)14(12-17(27)31)10-11-23(24,25)26/h2-9,14,20H,10-12H2,1H3,(H2,27,31)(H,29,33)(H,30,32)/t14-,20-/m1/s1. The van der Waals surface area contributed by atoms with E-state index >= 15 is 0 Å². The summed E-state index contributed by atoms with van der Waals surface area (Å²) in [5, 5.41) is 5.04.